The Bertz CT molecular complexity index is 99.1. The number of rotatable bonds is 1. The molecular formula is C7H16N2. The summed E-state index contributed by atoms with van der Waals surface area (Å²) in [6, 6.07) is 0. The number of likely N-dealkylation sites (tertiary alicyclic amines) is 1. The zero-order valence-corrected chi connectivity index (χ0v) is 6.35. The molecule has 1 aliphatic heterocycles. The third-order valence-corrected chi connectivity index (χ3v) is 2.03. The van der Waals surface area contributed by atoms with Gasteiger partial charge in [0.15, 0.2) is 0 Å². The van der Waals surface area contributed by atoms with Crippen molar-refractivity contribution in [3.8, 4) is 0 Å². The van der Waals surface area contributed by atoms with Gasteiger partial charge in [0.1, 0.15) is 0 Å². The van der Waals surface area contributed by atoms with Gasteiger partial charge in [0.25, 0.3) is 0 Å². The molecule has 0 bridgehead atoms. The molecule has 1 heterocycles. The van der Waals surface area contributed by atoms with Gasteiger partial charge in [0.05, 0.1) is 0 Å². The normalized spacial score (nSPS) is 37.7. The SMILES string of the molecule is CCN1CCC(C)(N)C1. The zero-order chi connectivity index (χ0) is 6.91. The molecule has 0 aromatic rings. The Morgan fingerprint density at radius 1 is 1.67 bits per heavy atom. The topological polar surface area (TPSA) is 29.3 Å². The maximum Gasteiger partial charge on any atom is 0.0267 e. The number of nitrogens with zero attached hydrogens (tertiary/aromatic N) is 1. The van der Waals surface area contributed by atoms with E-state index in [0.29, 0.717) is 0 Å². The third-order valence-electron chi connectivity index (χ3n) is 2.03. The third kappa shape index (κ3) is 1.66. The van der Waals surface area contributed by atoms with E-state index >= 15 is 0 Å². The minimum Gasteiger partial charge on any atom is -0.324 e. The number of likely N-dealkylation sites (N-methyl/N-ethyl adjacent to an activating group) is 1. The molecular weight excluding hydrogens is 112 g/mol. The molecule has 1 unspecified atom stereocenters. The molecule has 2 heteroatoms. The van der Waals surface area contributed by atoms with Gasteiger partial charge in [-0.05, 0) is 26.4 Å². The van der Waals surface area contributed by atoms with Crippen LogP contribution in [0.5, 0.6) is 0 Å². The molecule has 1 fully saturated rings. The van der Waals surface area contributed by atoms with Crippen LogP contribution in [0.2, 0.25) is 0 Å². The predicted octanol–water partition coefficient (Wildman–Crippen LogP) is 0.429. The molecule has 0 spiro atoms. The molecule has 0 aromatic heterocycles. The van der Waals surface area contributed by atoms with Crippen molar-refractivity contribution in [2.24, 2.45) is 5.73 Å². The maximum atomic E-state index is 5.90. The van der Waals surface area contributed by atoms with Gasteiger partial charge < -0.3 is 10.6 Å². The van der Waals surface area contributed by atoms with Gasteiger partial charge in [-0.25, -0.2) is 0 Å². The van der Waals surface area contributed by atoms with Crippen molar-refractivity contribution in [3.63, 3.8) is 0 Å². The summed E-state index contributed by atoms with van der Waals surface area (Å²) >= 11 is 0. The molecule has 1 saturated heterocycles. The van der Waals surface area contributed by atoms with Crippen molar-refractivity contribution in [2.75, 3.05) is 19.6 Å². The van der Waals surface area contributed by atoms with Gasteiger partial charge in [-0.3, -0.25) is 0 Å². The van der Waals surface area contributed by atoms with E-state index in [4.69, 9.17) is 5.73 Å². The second kappa shape index (κ2) is 2.27. The number of hydrogen-bond donors (Lipinski definition) is 1. The summed E-state index contributed by atoms with van der Waals surface area (Å²) in [5, 5.41) is 0. The fraction of sp³-hybridized carbons (Fsp3) is 1.00. The van der Waals surface area contributed by atoms with Gasteiger partial charge >= 0.3 is 0 Å². The van der Waals surface area contributed by atoms with Crippen LogP contribution in [0.25, 0.3) is 0 Å². The zero-order valence-electron chi connectivity index (χ0n) is 6.35. The van der Waals surface area contributed by atoms with Crippen molar-refractivity contribution in [1.82, 2.24) is 4.90 Å². The number of hydrogen-bond acceptors (Lipinski definition) is 2. The van der Waals surface area contributed by atoms with Gasteiger partial charge in [0, 0.05) is 12.1 Å². The Morgan fingerprint density at radius 2 is 2.33 bits per heavy atom. The molecule has 0 amide bonds. The summed E-state index contributed by atoms with van der Waals surface area (Å²) in [4.78, 5) is 2.39. The van der Waals surface area contributed by atoms with Crippen LogP contribution < -0.4 is 5.73 Å². The predicted molar refractivity (Wildman–Crippen MR) is 39.3 cm³/mol. The summed E-state index contributed by atoms with van der Waals surface area (Å²) in [5.41, 5.74) is 6.00. The molecule has 1 rings (SSSR count). The van der Waals surface area contributed by atoms with E-state index in [1.54, 1.807) is 0 Å². The van der Waals surface area contributed by atoms with Crippen LogP contribution in [0, 0.1) is 0 Å². The lowest BCUT2D eigenvalue weighted by Gasteiger charge is -2.17. The summed E-state index contributed by atoms with van der Waals surface area (Å²) in [7, 11) is 0. The van der Waals surface area contributed by atoms with Crippen molar-refractivity contribution < 1.29 is 0 Å². The van der Waals surface area contributed by atoms with E-state index in [1.807, 2.05) is 0 Å². The van der Waals surface area contributed by atoms with Crippen LogP contribution in [-0.4, -0.2) is 30.1 Å². The van der Waals surface area contributed by atoms with E-state index in [9.17, 15) is 0 Å². The summed E-state index contributed by atoms with van der Waals surface area (Å²) in [6.45, 7) is 7.71. The first-order chi connectivity index (χ1) is 4.14. The molecule has 2 nitrogen and oxygen atoms in total. The van der Waals surface area contributed by atoms with Crippen molar-refractivity contribution >= 4 is 0 Å². The Kier molecular flexibility index (Phi) is 1.78. The van der Waals surface area contributed by atoms with E-state index in [1.165, 1.54) is 6.54 Å². The largest absolute Gasteiger partial charge is 0.324 e. The van der Waals surface area contributed by atoms with Gasteiger partial charge in [0.2, 0.25) is 0 Å². The minimum atomic E-state index is 0.0933. The highest BCUT2D eigenvalue weighted by atomic mass is 15.2. The van der Waals surface area contributed by atoms with Gasteiger partial charge in [-0.1, -0.05) is 6.92 Å². The summed E-state index contributed by atoms with van der Waals surface area (Å²) < 4.78 is 0. The van der Waals surface area contributed by atoms with E-state index in [0.717, 1.165) is 19.5 Å². The molecule has 0 saturated carbocycles. The lowest BCUT2D eigenvalue weighted by atomic mass is 10.0. The van der Waals surface area contributed by atoms with Crippen LogP contribution in [0.3, 0.4) is 0 Å². The molecule has 0 aliphatic carbocycles. The highest BCUT2D eigenvalue weighted by Gasteiger charge is 2.28. The Balaban J connectivity index is 2.38. The van der Waals surface area contributed by atoms with E-state index < -0.39 is 0 Å². The quantitative estimate of drug-likeness (QED) is 0.555. The minimum absolute atomic E-state index is 0.0933. The lowest BCUT2D eigenvalue weighted by Crippen LogP contribution is -2.39. The molecule has 1 atom stereocenters. The molecule has 2 N–H and O–H groups in total. The first kappa shape index (κ1) is 7.03. The Morgan fingerprint density at radius 3 is 2.56 bits per heavy atom. The average Bonchev–Trinajstić information content (AvgIpc) is 2.10. The number of nitrogens with two attached hydrogens (primary N) is 1. The highest BCUT2D eigenvalue weighted by Crippen LogP contribution is 2.16. The maximum absolute atomic E-state index is 5.90. The summed E-state index contributed by atoms with van der Waals surface area (Å²) in [5.74, 6) is 0. The fourth-order valence-corrected chi connectivity index (χ4v) is 1.35. The highest BCUT2D eigenvalue weighted by molar-refractivity contribution is 4.89. The first-order valence-corrected chi connectivity index (χ1v) is 3.65. The first-order valence-electron chi connectivity index (χ1n) is 3.65. The monoisotopic (exact) mass is 128 g/mol. The second-order valence-electron chi connectivity index (χ2n) is 3.27. The second-order valence-corrected chi connectivity index (χ2v) is 3.27. The van der Waals surface area contributed by atoms with Crippen molar-refractivity contribution in [2.45, 2.75) is 25.8 Å². The van der Waals surface area contributed by atoms with Crippen LogP contribution in [0.1, 0.15) is 20.3 Å². The smallest absolute Gasteiger partial charge is 0.0267 e. The van der Waals surface area contributed by atoms with Crippen LogP contribution >= 0.6 is 0 Å². The Hall–Kier alpha value is -0.0800. The molecule has 54 valence electrons. The fourth-order valence-electron chi connectivity index (χ4n) is 1.35. The van der Waals surface area contributed by atoms with Gasteiger partial charge in [-0.15, -0.1) is 0 Å². The molecule has 0 aromatic carbocycles. The molecule has 0 radical (unpaired) electrons. The van der Waals surface area contributed by atoms with Crippen LogP contribution in [0.15, 0.2) is 0 Å². The van der Waals surface area contributed by atoms with Gasteiger partial charge in [-0.2, -0.15) is 0 Å². The Labute approximate surface area is 57.0 Å². The van der Waals surface area contributed by atoms with Crippen molar-refractivity contribution in [3.05, 3.63) is 0 Å². The molecule has 1 aliphatic rings. The van der Waals surface area contributed by atoms with Crippen molar-refractivity contribution in [1.29, 1.82) is 0 Å². The van der Waals surface area contributed by atoms with E-state index in [2.05, 4.69) is 18.7 Å². The van der Waals surface area contributed by atoms with Crippen LogP contribution in [-0.2, 0) is 0 Å². The van der Waals surface area contributed by atoms with Crippen LogP contribution in [0.4, 0.5) is 0 Å². The standard InChI is InChI=1S/C7H16N2/c1-3-9-5-4-7(2,8)6-9/h3-6,8H2,1-2H3. The van der Waals surface area contributed by atoms with E-state index in [-0.39, 0.29) is 5.54 Å². The lowest BCUT2D eigenvalue weighted by molar-refractivity contribution is 0.334. The summed E-state index contributed by atoms with van der Waals surface area (Å²) in [6.07, 6.45) is 1.15. The average molecular weight is 128 g/mol. The molecule has 9 heavy (non-hydrogen) atoms.